The molecule has 0 aliphatic carbocycles. The van der Waals surface area contributed by atoms with Gasteiger partial charge in [0, 0.05) is 25.3 Å². The van der Waals surface area contributed by atoms with Crippen LogP contribution in [0.25, 0.3) is 0 Å². The molecule has 3 aromatic rings. The third-order valence-electron chi connectivity index (χ3n) is 5.50. The van der Waals surface area contributed by atoms with Crippen molar-refractivity contribution in [1.29, 1.82) is 0 Å². The van der Waals surface area contributed by atoms with Crippen LogP contribution in [0.3, 0.4) is 0 Å². The maximum absolute atomic E-state index is 13.0. The largest absolute Gasteiger partial charge is 0.497 e. The van der Waals surface area contributed by atoms with E-state index in [1.807, 2.05) is 66.7 Å². The highest BCUT2D eigenvalue weighted by Crippen LogP contribution is 2.42. The molecule has 170 valence electrons. The minimum atomic E-state index is -1.31. The van der Waals surface area contributed by atoms with E-state index >= 15 is 0 Å². The molecule has 1 atom stereocenters. The molecule has 0 unspecified atom stereocenters. The number of cyclic esters (lactones) is 2. The van der Waals surface area contributed by atoms with Crippen LogP contribution in [0.5, 0.6) is 11.5 Å². The Morgan fingerprint density at radius 2 is 1.45 bits per heavy atom. The van der Waals surface area contributed by atoms with Crippen molar-refractivity contribution >= 4 is 11.9 Å². The minimum absolute atomic E-state index is 0.347. The van der Waals surface area contributed by atoms with E-state index in [1.54, 1.807) is 33.1 Å². The third-order valence-corrected chi connectivity index (χ3v) is 5.50. The Kier molecular flexibility index (Phi) is 6.36. The SMILES string of the molecule is COc1ccc([C@H](c2ccccc2OCc2ccccc2)C2C(=O)OC(C)(C)OC2=O)cc1. The van der Waals surface area contributed by atoms with Gasteiger partial charge < -0.3 is 18.9 Å². The summed E-state index contributed by atoms with van der Waals surface area (Å²) in [5.74, 6) is -3.16. The van der Waals surface area contributed by atoms with Gasteiger partial charge in [0.05, 0.1) is 7.11 Å². The van der Waals surface area contributed by atoms with Crippen molar-refractivity contribution in [3.63, 3.8) is 0 Å². The molecule has 0 spiro atoms. The van der Waals surface area contributed by atoms with Gasteiger partial charge in [0.15, 0.2) is 5.92 Å². The van der Waals surface area contributed by atoms with Crippen molar-refractivity contribution in [2.45, 2.75) is 32.2 Å². The van der Waals surface area contributed by atoms with Gasteiger partial charge in [-0.15, -0.1) is 0 Å². The second-order valence-electron chi connectivity index (χ2n) is 8.28. The molecular weight excluding hydrogens is 420 g/mol. The zero-order valence-electron chi connectivity index (χ0n) is 18.8. The summed E-state index contributed by atoms with van der Waals surface area (Å²) in [6, 6.07) is 24.4. The van der Waals surface area contributed by atoms with Gasteiger partial charge in [0.1, 0.15) is 18.1 Å². The standard InChI is InChI=1S/C27H26O6/c1-27(2)32-25(28)24(26(29)33-27)23(19-13-15-20(30-3)16-14-19)21-11-7-8-12-22(21)31-17-18-9-5-4-6-10-18/h4-16,23-24H,17H2,1-3H3/t23-/m1/s1. The van der Waals surface area contributed by atoms with E-state index in [0.717, 1.165) is 11.1 Å². The quantitative estimate of drug-likeness (QED) is 0.381. The molecule has 6 nitrogen and oxygen atoms in total. The van der Waals surface area contributed by atoms with Crippen LogP contribution in [0.15, 0.2) is 78.9 Å². The zero-order valence-corrected chi connectivity index (χ0v) is 18.8. The van der Waals surface area contributed by atoms with Crippen molar-refractivity contribution in [2.24, 2.45) is 5.92 Å². The summed E-state index contributed by atoms with van der Waals surface area (Å²) in [5, 5.41) is 0. The molecule has 0 bridgehead atoms. The average molecular weight is 446 g/mol. The first kappa shape index (κ1) is 22.4. The predicted octanol–water partition coefficient (Wildman–Crippen LogP) is 4.86. The average Bonchev–Trinajstić information content (AvgIpc) is 2.80. The molecule has 3 aromatic carbocycles. The summed E-state index contributed by atoms with van der Waals surface area (Å²) >= 11 is 0. The maximum Gasteiger partial charge on any atom is 0.324 e. The number of methoxy groups -OCH3 is 1. The van der Waals surface area contributed by atoms with Crippen molar-refractivity contribution in [3.05, 3.63) is 95.6 Å². The van der Waals surface area contributed by atoms with Gasteiger partial charge in [-0.2, -0.15) is 0 Å². The molecule has 0 amide bonds. The number of esters is 2. The summed E-state index contributed by atoms with van der Waals surface area (Å²) in [5.41, 5.74) is 2.44. The van der Waals surface area contributed by atoms with Crippen molar-refractivity contribution in [3.8, 4) is 11.5 Å². The number of carbonyl (C=O) groups is 2. The third kappa shape index (κ3) is 5.00. The summed E-state index contributed by atoms with van der Waals surface area (Å²) in [6.45, 7) is 3.43. The molecule has 1 fully saturated rings. The first-order valence-electron chi connectivity index (χ1n) is 10.7. The molecular formula is C27H26O6. The van der Waals surface area contributed by atoms with Gasteiger partial charge in [0.25, 0.3) is 5.79 Å². The molecule has 4 rings (SSSR count). The van der Waals surface area contributed by atoms with Crippen molar-refractivity contribution in [1.82, 2.24) is 0 Å². The fraction of sp³-hybridized carbons (Fsp3) is 0.259. The van der Waals surface area contributed by atoms with E-state index in [0.29, 0.717) is 23.7 Å². The topological polar surface area (TPSA) is 71.1 Å². The zero-order chi connectivity index (χ0) is 23.4. The second-order valence-corrected chi connectivity index (χ2v) is 8.28. The van der Waals surface area contributed by atoms with Gasteiger partial charge in [-0.3, -0.25) is 9.59 Å². The lowest BCUT2D eigenvalue weighted by Crippen LogP contribution is -2.48. The fourth-order valence-electron chi connectivity index (χ4n) is 3.97. The highest BCUT2D eigenvalue weighted by Gasteiger charge is 2.48. The number of rotatable bonds is 7. The molecule has 0 saturated carbocycles. The molecule has 1 aliphatic rings. The molecule has 6 heteroatoms. The van der Waals surface area contributed by atoms with E-state index in [4.69, 9.17) is 18.9 Å². The van der Waals surface area contributed by atoms with E-state index in [2.05, 4.69) is 0 Å². The number of para-hydroxylation sites is 1. The highest BCUT2D eigenvalue weighted by molar-refractivity contribution is 5.98. The Bertz CT molecular complexity index is 1100. The molecule has 0 aromatic heterocycles. The van der Waals surface area contributed by atoms with E-state index < -0.39 is 29.6 Å². The summed E-state index contributed by atoms with van der Waals surface area (Å²) < 4.78 is 22.3. The van der Waals surface area contributed by atoms with E-state index in [1.165, 1.54) is 0 Å². The number of carbonyl (C=O) groups excluding carboxylic acids is 2. The Morgan fingerprint density at radius 1 is 0.848 bits per heavy atom. The number of hydrogen-bond acceptors (Lipinski definition) is 6. The van der Waals surface area contributed by atoms with Crippen LogP contribution in [0, 0.1) is 5.92 Å². The first-order valence-corrected chi connectivity index (χ1v) is 10.7. The van der Waals surface area contributed by atoms with Crippen LogP contribution in [0.1, 0.15) is 36.5 Å². The summed E-state index contributed by atoms with van der Waals surface area (Å²) in [7, 11) is 1.58. The Hall–Kier alpha value is -3.80. The highest BCUT2D eigenvalue weighted by atomic mass is 16.7. The van der Waals surface area contributed by atoms with Crippen LogP contribution in [0.4, 0.5) is 0 Å². The fourth-order valence-corrected chi connectivity index (χ4v) is 3.97. The molecule has 0 N–H and O–H groups in total. The molecule has 1 saturated heterocycles. The van der Waals surface area contributed by atoms with Gasteiger partial charge >= 0.3 is 11.9 Å². The van der Waals surface area contributed by atoms with Gasteiger partial charge in [-0.1, -0.05) is 60.7 Å². The van der Waals surface area contributed by atoms with Crippen molar-refractivity contribution in [2.75, 3.05) is 7.11 Å². The number of benzene rings is 3. The number of hydrogen-bond donors (Lipinski definition) is 0. The first-order chi connectivity index (χ1) is 15.9. The summed E-state index contributed by atoms with van der Waals surface area (Å²) in [6.07, 6.45) is 0. The van der Waals surface area contributed by atoms with Gasteiger partial charge in [-0.05, 0) is 29.3 Å². The molecule has 1 heterocycles. The predicted molar refractivity (Wildman–Crippen MR) is 122 cm³/mol. The Balaban J connectivity index is 1.75. The van der Waals surface area contributed by atoms with Crippen LogP contribution in [0.2, 0.25) is 0 Å². The van der Waals surface area contributed by atoms with Crippen molar-refractivity contribution < 1.29 is 28.5 Å². The maximum atomic E-state index is 13.0. The Labute approximate surface area is 193 Å². The van der Waals surface area contributed by atoms with Crippen LogP contribution in [-0.4, -0.2) is 24.8 Å². The molecule has 0 radical (unpaired) electrons. The van der Waals surface area contributed by atoms with E-state index in [9.17, 15) is 9.59 Å². The smallest absolute Gasteiger partial charge is 0.324 e. The monoisotopic (exact) mass is 446 g/mol. The van der Waals surface area contributed by atoms with E-state index in [-0.39, 0.29) is 0 Å². The minimum Gasteiger partial charge on any atom is -0.497 e. The van der Waals surface area contributed by atoms with Gasteiger partial charge in [0.2, 0.25) is 0 Å². The lowest BCUT2D eigenvalue weighted by atomic mass is 9.79. The normalized spacial score (nSPS) is 16.5. The molecule has 33 heavy (non-hydrogen) atoms. The molecule has 1 aliphatic heterocycles. The lowest BCUT2D eigenvalue weighted by Gasteiger charge is -2.36. The second kappa shape index (κ2) is 9.36. The van der Waals surface area contributed by atoms with Crippen LogP contribution < -0.4 is 9.47 Å². The summed E-state index contributed by atoms with van der Waals surface area (Å²) in [4.78, 5) is 26.1. The lowest BCUT2D eigenvalue weighted by molar-refractivity contribution is -0.240. The van der Waals surface area contributed by atoms with Crippen LogP contribution in [-0.2, 0) is 25.7 Å². The van der Waals surface area contributed by atoms with Crippen LogP contribution >= 0.6 is 0 Å². The Morgan fingerprint density at radius 3 is 2.09 bits per heavy atom. The van der Waals surface area contributed by atoms with Gasteiger partial charge in [-0.25, -0.2) is 0 Å². The number of ether oxygens (including phenoxy) is 4.